The Hall–Kier alpha value is -0.120. The highest BCUT2D eigenvalue weighted by Crippen LogP contribution is 2.25. The maximum Gasteiger partial charge on any atom is 0.00793 e. The third-order valence-electron chi connectivity index (χ3n) is 5.04. The van der Waals surface area contributed by atoms with Crippen molar-refractivity contribution in [3.05, 3.63) is 0 Å². The molecule has 2 N–H and O–H groups in total. The van der Waals surface area contributed by atoms with Crippen molar-refractivity contribution >= 4 is 0 Å². The Bertz CT molecular complexity index is 246. The zero-order valence-electron chi connectivity index (χ0n) is 13.0. The summed E-state index contributed by atoms with van der Waals surface area (Å²) in [5.41, 5.74) is 6.36. The molecule has 2 aliphatic rings. The number of nitrogens with zero attached hydrogens (tertiary/aromatic N) is 2. The lowest BCUT2D eigenvalue weighted by Gasteiger charge is -2.36. The Morgan fingerprint density at radius 2 is 1.68 bits per heavy atom. The molecule has 2 fully saturated rings. The van der Waals surface area contributed by atoms with Gasteiger partial charge < -0.3 is 15.5 Å². The van der Waals surface area contributed by atoms with Gasteiger partial charge in [0, 0.05) is 19.1 Å². The smallest absolute Gasteiger partial charge is 0.00793 e. The average Bonchev–Trinajstić information content (AvgIpc) is 2.57. The first kappa shape index (κ1) is 15.3. The molecule has 1 aliphatic carbocycles. The first-order valence-corrected chi connectivity index (χ1v) is 8.28. The van der Waals surface area contributed by atoms with Gasteiger partial charge in [0.05, 0.1) is 0 Å². The maximum absolute atomic E-state index is 6.36. The van der Waals surface area contributed by atoms with Crippen molar-refractivity contribution in [2.75, 3.05) is 40.3 Å². The fraction of sp³-hybridized carbons (Fsp3) is 1.00. The van der Waals surface area contributed by atoms with E-state index < -0.39 is 0 Å². The van der Waals surface area contributed by atoms with Gasteiger partial charge in [0.2, 0.25) is 0 Å². The van der Waals surface area contributed by atoms with E-state index in [1.165, 1.54) is 71.1 Å². The molecule has 3 nitrogen and oxygen atoms in total. The number of rotatable bonds is 4. The minimum Gasteiger partial charge on any atom is -0.327 e. The van der Waals surface area contributed by atoms with E-state index >= 15 is 0 Å². The average molecular weight is 267 g/mol. The molecule has 0 aromatic rings. The first-order valence-electron chi connectivity index (χ1n) is 8.28. The molecule has 0 aromatic heterocycles. The van der Waals surface area contributed by atoms with Crippen molar-refractivity contribution in [2.45, 2.75) is 51.0 Å². The Morgan fingerprint density at radius 1 is 1.00 bits per heavy atom. The molecule has 2 unspecified atom stereocenters. The molecule has 2 rings (SSSR count). The minimum atomic E-state index is 0.460. The fourth-order valence-electron chi connectivity index (χ4n) is 3.84. The number of likely N-dealkylation sites (tertiary alicyclic amines) is 1. The van der Waals surface area contributed by atoms with Gasteiger partial charge in [-0.25, -0.2) is 0 Å². The Labute approximate surface area is 119 Å². The van der Waals surface area contributed by atoms with Crippen LogP contribution in [0.25, 0.3) is 0 Å². The summed E-state index contributed by atoms with van der Waals surface area (Å²) in [4.78, 5) is 5.02. The predicted molar refractivity (Wildman–Crippen MR) is 82.3 cm³/mol. The van der Waals surface area contributed by atoms with Crippen LogP contribution in [-0.4, -0.2) is 56.1 Å². The summed E-state index contributed by atoms with van der Waals surface area (Å²) in [5, 5.41) is 0. The number of piperidine rings is 1. The number of nitrogens with two attached hydrogens (primary N) is 1. The first-order chi connectivity index (χ1) is 9.15. The van der Waals surface area contributed by atoms with Crippen LogP contribution in [-0.2, 0) is 0 Å². The summed E-state index contributed by atoms with van der Waals surface area (Å²) >= 11 is 0. The van der Waals surface area contributed by atoms with E-state index in [4.69, 9.17) is 5.73 Å². The van der Waals surface area contributed by atoms with Crippen molar-refractivity contribution in [1.29, 1.82) is 0 Å². The fourth-order valence-corrected chi connectivity index (χ4v) is 3.84. The maximum atomic E-state index is 6.36. The van der Waals surface area contributed by atoms with E-state index in [1.807, 2.05) is 0 Å². The van der Waals surface area contributed by atoms with Crippen molar-refractivity contribution in [1.82, 2.24) is 9.80 Å². The molecule has 3 heteroatoms. The molecule has 1 aliphatic heterocycles. The van der Waals surface area contributed by atoms with Crippen LogP contribution in [0.5, 0.6) is 0 Å². The van der Waals surface area contributed by atoms with Gasteiger partial charge in [0.25, 0.3) is 0 Å². The standard InChI is InChI=1S/C16H33N3/c1-18(2)12-14-8-10-19(11-9-14)13-15-6-4-3-5-7-16(15)17/h14-16H,3-13,17H2,1-2H3. The molecule has 0 spiro atoms. The van der Waals surface area contributed by atoms with Crippen LogP contribution in [0.1, 0.15) is 44.9 Å². The second-order valence-electron chi connectivity index (χ2n) is 7.07. The van der Waals surface area contributed by atoms with E-state index in [0.29, 0.717) is 6.04 Å². The quantitative estimate of drug-likeness (QED) is 0.792. The summed E-state index contributed by atoms with van der Waals surface area (Å²) in [6.45, 7) is 5.11. The molecule has 0 amide bonds. The number of hydrogen-bond donors (Lipinski definition) is 1. The Balaban J connectivity index is 1.72. The van der Waals surface area contributed by atoms with Crippen LogP contribution in [0.15, 0.2) is 0 Å². The molecule has 1 heterocycles. The molecule has 0 bridgehead atoms. The molecule has 112 valence electrons. The largest absolute Gasteiger partial charge is 0.327 e. The molecule has 19 heavy (non-hydrogen) atoms. The molecule has 0 radical (unpaired) electrons. The second-order valence-corrected chi connectivity index (χ2v) is 7.07. The van der Waals surface area contributed by atoms with Gasteiger partial charge in [-0.1, -0.05) is 19.3 Å². The Morgan fingerprint density at radius 3 is 2.37 bits per heavy atom. The monoisotopic (exact) mass is 267 g/mol. The van der Waals surface area contributed by atoms with E-state index in [2.05, 4.69) is 23.9 Å². The van der Waals surface area contributed by atoms with Crippen LogP contribution < -0.4 is 5.73 Å². The summed E-state index contributed by atoms with van der Waals surface area (Å²) in [7, 11) is 4.38. The van der Waals surface area contributed by atoms with E-state index in [1.54, 1.807) is 0 Å². The third-order valence-corrected chi connectivity index (χ3v) is 5.04. The van der Waals surface area contributed by atoms with Gasteiger partial charge in [-0.05, 0) is 64.7 Å². The summed E-state index contributed by atoms with van der Waals surface area (Å²) < 4.78 is 0. The normalized spacial score (nSPS) is 31.6. The minimum absolute atomic E-state index is 0.460. The van der Waals surface area contributed by atoms with Gasteiger partial charge >= 0.3 is 0 Å². The van der Waals surface area contributed by atoms with Crippen LogP contribution in [0.3, 0.4) is 0 Å². The van der Waals surface area contributed by atoms with Crippen LogP contribution >= 0.6 is 0 Å². The van der Waals surface area contributed by atoms with E-state index in [9.17, 15) is 0 Å². The van der Waals surface area contributed by atoms with Crippen LogP contribution in [0.2, 0.25) is 0 Å². The van der Waals surface area contributed by atoms with Gasteiger partial charge in [-0.3, -0.25) is 0 Å². The lowest BCUT2D eigenvalue weighted by molar-refractivity contribution is 0.135. The molecule has 2 atom stereocenters. The van der Waals surface area contributed by atoms with Crippen LogP contribution in [0.4, 0.5) is 0 Å². The molecular weight excluding hydrogens is 234 g/mol. The number of hydrogen-bond acceptors (Lipinski definition) is 3. The van der Waals surface area contributed by atoms with Crippen molar-refractivity contribution in [2.24, 2.45) is 17.6 Å². The topological polar surface area (TPSA) is 32.5 Å². The van der Waals surface area contributed by atoms with Gasteiger partial charge in [-0.15, -0.1) is 0 Å². The predicted octanol–water partition coefficient (Wildman–Crippen LogP) is 2.17. The highest BCUT2D eigenvalue weighted by molar-refractivity contribution is 4.82. The van der Waals surface area contributed by atoms with E-state index in [-0.39, 0.29) is 0 Å². The molecular formula is C16H33N3. The SMILES string of the molecule is CN(C)CC1CCN(CC2CCCCCC2N)CC1. The van der Waals surface area contributed by atoms with Gasteiger partial charge in [0.1, 0.15) is 0 Å². The lowest BCUT2D eigenvalue weighted by Crippen LogP contribution is -2.43. The lowest BCUT2D eigenvalue weighted by atomic mass is 9.92. The summed E-state index contributed by atoms with van der Waals surface area (Å²) in [5.74, 6) is 1.67. The second kappa shape index (κ2) is 7.61. The van der Waals surface area contributed by atoms with Crippen molar-refractivity contribution in [3.63, 3.8) is 0 Å². The Kier molecular flexibility index (Phi) is 6.11. The molecule has 1 saturated carbocycles. The molecule has 0 aromatic carbocycles. The molecule has 1 saturated heterocycles. The highest BCUT2D eigenvalue weighted by atomic mass is 15.1. The van der Waals surface area contributed by atoms with Crippen LogP contribution in [0, 0.1) is 11.8 Å². The van der Waals surface area contributed by atoms with Gasteiger partial charge in [0.15, 0.2) is 0 Å². The van der Waals surface area contributed by atoms with E-state index in [0.717, 1.165) is 11.8 Å². The summed E-state index contributed by atoms with van der Waals surface area (Å²) in [6.07, 6.45) is 9.51. The summed E-state index contributed by atoms with van der Waals surface area (Å²) in [6, 6.07) is 0.460. The highest BCUT2D eigenvalue weighted by Gasteiger charge is 2.25. The third kappa shape index (κ3) is 5.05. The van der Waals surface area contributed by atoms with Gasteiger partial charge in [-0.2, -0.15) is 0 Å². The van der Waals surface area contributed by atoms with Crippen molar-refractivity contribution < 1.29 is 0 Å². The zero-order valence-corrected chi connectivity index (χ0v) is 13.0. The zero-order chi connectivity index (χ0) is 13.7. The van der Waals surface area contributed by atoms with Crippen molar-refractivity contribution in [3.8, 4) is 0 Å².